The number of anilines is 2. The number of ether oxygens (including phenoxy) is 1. The molecule has 0 aliphatic heterocycles. The van der Waals surface area contributed by atoms with Gasteiger partial charge in [-0.15, -0.1) is 0 Å². The van der Waals surface area contributed by atoms with Crippen LogP contribution in [0.25, 0.3) is 10.9 Å². The van der Waals surface area contributed by atoms with Crippen LogP contribution in [-0.4, -0.2) is 24.6 Å². The molecule has 0 radical (unpaired) electrons. The Hall–Kier alpha value is -2.14. The Kier molecular flexibility index (Phi) is 4.53. The first-order valence-electron chi connectivity index (χ1n) is 6.53. The number of carbonyl (C=O) groups is 1. The van der Waals surface area contributed by atoms with Gasteiger partial charge in [0.2, 0.25) is 5.91 Å². The molecular formula is C15H19N3O2. The van der Waals surface area contributed by atoms with Crippen LogP contribution in [0.1, 0.15) is 13.3 Å². The van der Waals surface area contributed by atoms with Crippen LogP contribution >= 0.6 is 0 Å². The zero-order valence-corrected chi connectivity index (χ0v) is 11.7. The second-order valence-electron chi connectivity index (χ2n) is 4.91. The number of nitrogens with two attached hydrogens (primary N) is 1. The standard InChI is InChI=1S/C15H19N3O2/c1-10(9-20-2)8-14(19)18-13-6-5-12(16)15-11(13)4-3-7-17-15/h3-7,10H,8-9,16H2,1-2H3,(H,18,19). The second kappa shape index (κ2) is 6.34. The summed E-state index contributed by atoms with van der Waals surface area (Å²) in [4.78, 5) is 16.3. The van der Waals surface area contributed by atoms with Crippen molar-refractivity contribution in [3.63, 3.8) is 0 Å². The number of benzene rings is 1. The Morgan fingerprint density at radius 3 is 3.00 bits per heavy atom. The topological polar surface area (TPSA) is 77.2 Å². The predicted molar refractivity (Wildman–Crippen MR) is 80.4 cm³/mol. The van der Waals surface area contributed by atoms with Crippen molar-refractivity contribution in [2.45, 2.75) is 13.3 Å². The van der Waals surface area contributed by atoms with Gasteiger partial charge in [-0.1, -0.05) is 6.92 Å². The molecule has 0 spiro atoms. The number of pyridine rings is 1. The number of carbonyl (C=O) groups excluding carboxylic acids is 1. The molecule has 1 unspecified atom stereocenters. The molecule has 1 amide bonds. The zero-order valence-electron chi connectivity index (χ0n) is 11.7. The third-order valence-electron chi connectivity index (χ3n) is 3.06. The largest absolute Gasteiger partial charge is 0.397 e. The third-order valence-corrected chi connectivity index (χ3v) is 3.06. The van der Waals surface area contributed by atoms with Crippen LogP contribution in [-0.2, 0) is 9.53 Å². The molecule has 1 atom stereocenters. The van der Waals surface area contributed by atoms with E-state index in [1.165, 1.54) is 0 Å². The summed E-state index contributed by atoms with van der Waals surface area (Å²) in [6.07, 6.45) is 2.10. The molecule has 2 aromatic rings. The van der Waals surface area contributed by atoms with E-state index in [1.54, 1.807) is 25.4 Å². The minimum atomic E-state index is -0.0375. The summed E-state index contributed by atoms with van der Waals surface area (Å²) in [5.74, 6) is 0.141. The second-order valence-corrected chi connectivity index (χ2v) is 4.91. The van der Waals surface area contributed by atoms with Crippen molar-refractivity contribution in [1.82, 2.24) is 4.98 Å². The summed E-state index contributed by atoms with van der Waals surface area (Å²) in [6.45, 7) is 2.54. The molecule has 5 heteroatoms. The third kappa shape index (κ3) is 3.24. The smallest absolute Gasteiger partial charge is 0.224 e. The van der Waals surface area contributed by atoms with E-state index in [4.69, 9.17) is 10.5 Å². The number of aromatic nitrogens is 1. The molecule has 20 heavy (non-hydrogen) atoms. The monoisotopic (exact) mass is 273 g/mol. The normalized spacial score (nSPS) is 12.3. The summed E-state index contributed by atoms with van der Waals surface area (Å²) >= 11 is 0. The van der Waals surface area contributed by atoms with E-state index in [-0.39, 0.29) is 11.8 Å². The van der Waals surface area contributed by atoms with E-state index in [0.29, 0.717) is 24.2 Å². The van der Waals surface area contributed by atoms with E-state index < -0.39 is 0 Å². The molecule has 0 bridgehead atoms. The van der Waals surface area contributed by atoms with Gasteiger partial charge in [-0.2, -0.15) is 0 Å². The van der Waals surface area contributed by atoms with Gasteiger partial charge in [-0.3, -0.25) is 9.78 Å². The molecule has 106 valence electrons. The lowest BCUT2D eigenvalue weighted by Crippen LogP contribution is -2.17. The highest BCUT2D eigenvalue weighted by Crippen LogP contribution is 2.26. The average Bonchev–Trinajstić information content (AvgIpc) is 2.42. The molecule has 0 aliphatic carbocycles. The fourth-order valence-electron chi connectivity index (χ4n) is 2.16. The maximum Gasteiger partial charge on any atom is 0.224 e. The lowest BCUT2D eigenvalue weighted by molar-refractivity contribution is -0.117. The maximum atomic E-state index is 12.0. The number of rotatable bonds is 5. The summed E-state index contributed by atoms with van der Waals surface area (Å²) in [5, 5.41) is 3.76. The molecule has 1 heterocycles. The fraction of sp³-hybridized carbons (Fsp3) is 0.333. The molecule has 1 aromatic heterocycles. The molecular weight excluding hydrogens is 254 g/mol. The van der Waals surface area contributed by atoms with Crippen molar-refractivity contribution in [2.75, 3.05) is 24.8 Å². The lowest BCUT2D eigenvalue weighted by atomic mass is 10.1. The minimum Gasteiger partial charge on any atom is -0.397 e. The summed E-state index contributed by atoms with van der Waals surface area (Å²) in [5.41, 5.74) is 7.92. The van der Waals surface area contributed by atoms with Gasteiger partial charge in [-0.25, -0.2) is 0 Å². The van der Waals surface area contributed by atoms with E-state index in [2.05, 4.69) is 10.3 Å². The van der Waals surface area contributed by atoms with Crippen LogP contribution < -0.4 is 11.1 Å². The highest BCUT2D eigenvalue weighted by atomic mass is 16.5. The van der Waals surface area contributed by atoms with Gasteiger partial charge in [-0.05, 0) is 30.2 Å². The van der Waals surface area contributed by atoms with Crippen molar-refractivity contribution < 1.29 is 9.53 Å². The van der Waals surface area contributed by atoms with Crippen molar-refractivity contribution in [2.24, 2.45) is 5.92 Å². The van der Waals surface area contributed by atoms with Crippen LogP contribution in [0.3, 0.4) is 0 Å². The van der Waals surface area contributed by atoms with Crippen LogP contribution in [0.2, 0.25) is 0 Å². The molecule has 2 rings (SSSR count). The Bertz CT molecular complexity index is 613. The Labute approximate surface area is 118 Å². The number of nitrogens with zero attached hydrogens (tertiary/aromatic N) is 1. The zero-order chi connectivity index (χ0) is 14.5. The summed E-state index contributed by atoms with van der Waals surface area (Å²) in [7, 11) is 1.63. The number of methoxy groups -OCH3 is 1. The number of fused-ring (bicyclic) bond motifs is 1. The Morgan fingerprint density at radius 2 is 2.25 bits per heavy atom. The maximum absolute atomic E-state index is 12.0. The molecule has 5 nitrogen and oxygen atoms in total. The van der Waals surface area contributed by atoms with Crippen LogP contribution in [0, 0.1) is 5.92 Å². The number of amides is 1. The molecule has 0 fully saturated rings. The molecule has 1 aromatic carbocycles. The summed E-state index contributed by atoms with van der Waals surface area (Å²) in [6, 6.07) is 7.28. The van der Waals surface area contributed by atoms with Crippen molar-refractivity contribution >= 4 is 28.2 Å². The summed E-state index contributed by atoms with van der Waals surface area (Å²) < 4.78 is 5.03. The van der Waals surface area contributed by atoms with E-state index in [1.807, 2.05) is 19.1 Å². The van der Waals surface area contributed by atoms with Gasteiger partial charge >= 0.3 is 0 Å². The molecule has 3 N–H and O–H groups in total. The number of nitrogen functional groups attached to an aromatic ring is 1. The minimum absolute atomic E-state index is 0.0375. The molecule has 0 saturated carbocycles. The van der Waals surface area contributed by atoms with E-state index in [9.17, 15) is 4.79 Å². The predicted octanol–water partition coefficient (Wildman–Crippen LogP) is 2.43. The van der Waals surface area contributed by atoms with Crippen molar-refractivity contribution in [1.29, 1.82) is 0 Å². The van der Waals surface area contributed by atoms with Crippen LogP contribution in [0.15, 0.2) is 30.5 Å². The number of hydrogen-bond donors (Lipinski definition) is 2. The number of nitrogens with one attached hydrogen (secondary N) is 1. The van der Waals surface area contributed by atoms with Crippen LogP contribution in [0.4, 0.5) is 11.4 Å². The Balaban J connectivity index is 2.18. The number of hydrogen-bond acceptors (Lipinski definition) is 4. The van der Waals surface area contributed by atoms with Gasteiger partial charge in [0.25, 0.3) is 0 Å². The van der Waals surface area contributed by atoms with Gasteiger partial charge in [0.15, 0.2) is 0 Å². The van der Waals surface area contributed by atoms with Crippen molar-refractivity contribution in [3.05, 3.63) is 30.5 Å². The molecule has 0 aliphatic rings. The van der Waals surface area contributed by atoms with E-state index >= 15 is 0 Å². The van der Waals surface area contributed by atoms with Gasteiger partial charge < -0.3 is 15.8 Å². The molecule has 0 saturated heterocycles. The van der Waals surface area contributed by atoms with Gasteiger partial charge in [0, 0.05) is 31.7 Å². The first-order chi connectivity index (χ1) is 9.61. The van der Waals surface area contributed by atoms with Crippen molar-refractivity contribution in [3.8, 4) is 0 Å². The van der Waals surface area contributed by atoms with Gasteiger partial charge in [0.05, 0.1) is 16.9 Å². The Morgan fingerprint density at radius 1 is 1.45 bits per heavy atom. The highest BCUT2D eigenvalue weighted by molar-refractivity contribution is 6.04. The quantitative estimate of drug-likeness (QED) is 0.820. The first-order valence-corrected chi connectivity index (χ1v) is 6.53. The van der Waals surface area contributed by atoms with Crippen LogP contribution in [0.5, 0.6) is 0 Å². The van der Waals surface area contributed by atoms with E-state index in [0.717, 1.165) is 11.1 Å². The highest BCUT2D eigenvalue weighted by Gasteiger charge is 2.11. The lowest BCUT2D eigenvalue weighted by Gasteiger charge is -2.12. The average molecular weight is 273 g/mol. The SMILES string of the molecule is COCC(C)CC(=O)Nc1ccc(N)c2ncccc12. The first kappa shape index (κ1) is 14.3. The van der Waals surface area contributed by atoms with Gasteiger partial charge in [0.1, 0.15) is 0 Å². The fourth-order valence-corrected chi connectivity index (χ4v) is 2.16.